The number of alkyl halides is 2. The van der Waals surface area contributed by atoms with Gasteiger partial charge in [-0.1, -0.05) is 17.7 Å². The van der Waals surface area contributed by atoms with Crippen molar-refractivity contribution in [1.29, 1.82) is 0 Å². The Balaban J connectivity index is 0.00000320. The van der Waals surface area contributed by atoms with Gasteiger partial charge in [0.25, 0.3) is 0 Å². The molecule has 0 aliphatic carbocycles. The first-order chi connectivity index (χ1) is 14.1. The highest BCUT2D eigenvalue weighted by Crippen LogP contribution is 2.25. The van der Waals surface area contributed by atoms with Crippen LogP contribution in [-0.2, 0) is 6.54 Å². The van der Waals surface area contributed by atoms with Crippen molar-refractivity contribution in [3.8, 4) is 5.75 Å². The molecule has 1 aliphatic rings. The number of aryl methyl sites for hydroxylation is 1. The van der Waals surface area contributed by atoms with Crippen molar-refractivity contribution in [1.82, 2.24) is 15.5 Å². The zero-order valence-electron chi connectivity index (χ0n) is 17.2. The maximum Gasteiger partial charge on any atom is 0.387 e. The van der Waals surface area contributed by atoms with E-state index in [1.54, 1.807) is 25.4 Å². The average Bonchev–Trinajstić information content (AvgIpc) is 3.40. The van der Waals surface area contributed by atoms with Gasteiger partial charge in [-0.25, -0.2) is 0 Å². The quantitative estimate of drug-likeness (QED) is 0.301. The van der Waals surface area contributed by atoms with Gasteiger partial charge in [0.1, 0.15) is 11.5 Å². The minimum absolute atomic E-state index is 0. The molecule has 0 amide bonds. The molecule has 2 aromatic rings. The summed E-state index contributed by atoms with van der Waals surface area (Å²) in [5, 5.41) is 6.51. The van der Waals surface area contributed by atoms with Crippen molar-refractivity contribution < 1.29 is 17.9 Å². The highest BCUT2D eigenvalue weighted by molar-refractivity contribution is 14.0. The molecule has 1 aliphatic heterocycles. The first kappa shape index (κ1) is 24.4. The minimum atomic E-state index is -2.86. The molecule has 0 radical (unpaired) electrons. The normalized spacial score (nSPS) is 15.7. The van der Waals surface area contributed by atoms with Gasteiger partial charge >= 0.3 is 6.61 Å². The van der Waals surface area contributed by atoms with E-state index in [9.17, 15) is 8.78 Å². The molecule has 1 unspecified atom stereocenters. The summed E-state index contributed by atoms with van der Waals surface area (Å²) in [7, 11) is 1.68. The number of nitrogens with zero attached hydrogens (tertiary/aromatic N) is 2. The molecule has 1 saturated heterocycles. The van der Waals surface area contributed by atoms with Gasteiger partial charge < -0.3 is 19.8 Å². The van der Waals surface area contributed by atoms with Crippen LogP contribution in [0.3, 0.4) is 0 Å². The monoisotopic (exact) mass is 534 g/mol. The van der Waals surface area contributed by atoms with E-state index in [0.717, 1.165) is 24.4 Å². The van der Waals surface area contributed by atoms with E-state index in [1.807, 2.05) is 25.1 Å². The Morgan fingerprint density at radius 3 is 2.63 bits per heavy atom. The molecule has 9 heteroatoms. The zero-order valence-corrected chi connectivity index (χ0v) is 19.6. The highest BCUT2D eigenvalue weighted by atomic mass is 127. The Labute approximate surface area is 193 Å². The van der Waals surface area contributed by atoms with Crippen molar-refractivity contribution in [2.75, 3.05) is 26.7 Å². The summed E-state index contributed by atoms with van der Waals surface area (Å²) in [5.41, 5.74) is 1.62. The van der Waals surface area contributed by atoms with Crippen LogP contribution in [0.4, 0.5) is 8.78 Å². The summed E-state index contributed by atoms with van der Waals surface area (Å²) in [6.45, 7) is 2.07. The molecule has 166 valence electrons. The van der Waals surface area contributed by atoms with Gasteiger partial charge in [0.2, 0.25) is 0 Å². The van der Waals surface area contributed by atoms with Crippen LogP contribution in [0.2, 0.25) is 0 Å². The molecule has 2 N–H and O–H groups in total. The molecule has 1 aromatic carbocycles. The maximum absolute atomic E-state index is 12.7. The third kappa shape index (κ3) is 6.83. The Morgan fingerprint density at radius 2 is 2.00 bits per heavy atom. The van der Waals surface area contributed by atoms with Crippen LogP contribution in [-0.4, -0.2) is 44.2 Å². The number of aliphatic imine (C=N–C) groups is 1. The van der Waals surface area contributed by atoms with Crippen LogP contribution in [0.25, 0.3) is 0 Å². The maximum atomic E-state index is 12.7. The average molecular weight is 534 g/mol. The summed E-state index contributed by atoms with van der Waals surface area (Å²) >= 11 is 0. The Kier molecular flexibility index (Phi) is 9.83. The van der Waals surface area contributed by atoms with Gasteiger partial charge in [0.15, 0.2) is 5.96 Å². The highest BCUT2D eigenvalue weighted by Gasteiger charge is 2.25. The van der Waals surface area contributed by atoms with E-state index in [1.165, 1.54) is 12.8 Å². The second-order valence-electron chi connectivity index (χ2n) is 7.07. The summed E-state index contributed by atoms with van der Waals surface area (Å²) in [6.07, 6.45) is 4.06. The van der Waals surface area contributed by atoms with Crippen molar-refractivity contribution in [2.24, 2.45) is 4.99 Å². The Hall–Kier alpha value is -1.88. The topological polar surface area (TPSA) is 62.0 Å². The van der Waals surface area contributed by atoms with E-state index in [0.29, 0.717) is 24.6 Å². The van der Waals surface area contributed by atoms with Crippen LogP contribution >= 0.6 is 24.0 Å². The molecule has 3 rings (SSSR count). The molecule has 6 nitrogen and oxygen atoms in total. The molecule has 2 heterocycles. The number of hydrogen-bond acceptors (Lipinski definition) is 4. The number of nitrogens with one attached hydrogen (secondary N) is 2. The molecule has 1 fully saturated rings. The largest absolute Gasteiger partial charge is 0.468 e. The second-order valence-corrected chi connectivity index (χ2v) is 7.07. The summed E-state index contributed by atoms with van der Waals surface area (Å²) in [5.74, 6) is 1.67. The van der Waals surface area contributed by atoms with Gasteiger partial charge in [-0.15, -0.1) is 24.0 Å². The Morgan fingerprint density at radius 1 is 1.23 bits per heavy atom. The fourth-order valence-electron chi connectivity index (χ4n) is 3.59. The van der Waals surface area contributed by atoms with Crippen molar-refractivity contribution >= 4 is 29.9 Å². The molecule has 0 spiro atoms. The summed E-state index contributed by atoms with van der Waals surface area (Å²) in [4.78, 5) is 6.65. The van der Waals surface area contributed by atoms with Gasteiger partial charge in [-0.3, -0.25) is 9.89 Å². The van der Waals surface area contributed by atoms with Crippen LogP contribution < -0.4 is 15.4 Å². The fourth-order valence-corrected chi connectivity index (χ4v) is 3.59. The van der Waals surface area contributed by atoms with Crippen LogP contribution in [0, 0.1) is 6.92 Å². The van der Waals surface area contributed by atoms with Crippen LogP contribution in [0.15, 0.2) is 46.0 Å². The number of benzene rings is 1. The lowest BCUT2D eigenvalue weighted by atomic mass is 10.1. The molecular formula is C21H29F2IN4O2. The first-order valence-corrected chi connectivity index (χ1v) is 9.83. The molecular weight excluding hydrogens is 505 g/mol. The third-order valence-electron chi connectivity index (χ3n) is 5.02. The van der Waals surface area contributed by atoms with Gasteiger partial charge in [0.05, 0.1) is 12.3 Å². The number of furan rings is 1. The molecule has 30 heavy (non-hydrogen) atoms. The lowest BCUT2D eigenvalue weighted by Crippen LogP contribution is -2.42. The second kappa shape index (κ2) is 12.1. The van der Waals surface area contributed by atoms with E-state index >= 15 is 0 Å². The number of likely N-dealkylation sites (tertiary alicyclic amines) is 1. The van der Waals surface area contributed by atoms with E-state index < -0.39 is 6.61 Å². The molecule has 1 atom stereocenters. The number of halogens is 3. The van der Waals surface area contributed by atoms with Gasteiger partial charge in [-0.05, 0) is 51.1 Å². The first-order valence-electron chi connectivity index (χ1n) is 9.83. The number of guanidine groups is 1. The molecule has 0 saturated carbocycles. The van der Waals surface area contributed by atoms with E-state index in [2.05, 4.69) is 25.3 Å². The van der Waals surface area contributed by atoms with Crippen molar-refractivity contribution in [3.05, 3.63) is 53.5 Å². The summed E-state index contributed by atoms with van der Waals surface area (Å²) in [6, 6.07) is 9.14. The Bertz CT molecular complexity index is 796. The van der Waals surface area contributed by atoms with Crippen LogP contribution in [0.5, 0.6) is 5.75 Å². The third-order valence-corrected chi connectivity index (χ3v) is 5.02. The summed E-state index contributed by atoms with van der Waals surface area (Å²) < 4.78 is 35.6. The predicted octanol–water partition coefficient (Wildman–Crippen LogP) is 4.31. The number of ether oxygens (including phenoxy) is 1. The minimum Gasteiger partial charge on any atom is -0.468 e. The van der Waals surface area contributed by atoms with Crippen molar-refractivity contribution in [2.45, 2.75) is 39.0 Å². The predicted molar refractivity (Wildman–Crippen MR) is 124 cm³/mol. The van der Waals surface area contributed by atoms with Crippen molar-refractivity contribution in [3.63, 3.8) is 0 Å². The lowest BCUT2D eigenvalue weighted by Gasteiger charge is -2.26. The smallest absolute Gasteiger partial charge is 0.387 e. The number of rotatable bonds is 8. The van der Waals surface area contributed by atoms with Gasteiger partial charge in [-0.2, -0.15) is 8.78 Å². The fraction of sp³-hybridized carbons (Fsp3) is 0.476. The zero-order chi connectivity index (χ0) is 20.6. The standard InChI is InChI=1S/C21H28F2N4O2.HI/c1-15-7-8-18(29-20(22)23)16(12-15)13-25-21(24-2)26-14-17(19-6-5-11-28-19)27-9-3-4-10-27;/h5-8,11-12,17,20H,3-4,9-10,13-14H2,1-2H3,(H2,24,25,26);1H. The lowest BCUT2D eigenvalue weighted by molar-refractivity contribution is -0.0504. The van der Waals surface area contributed by atoms with E-state index in [-0.39, 0.29) is 35.8 Å². The molecule has 1 aromatic heterocycles. The van der Waals surface area contributed by atoms with E-state index in [4.69, 9.17) is 4.42 Å². The SMILES string of the molecule is CN=C(NCc1cc(C)ccc1OC(F)F)NCC(c1ccco1)N1CCCC1.I. The van der Waals surface area contributed by atoms with Crippen LogP contribution in [0.1, 0.15) is 35.8 Å². The number of hydrogen-bond donors (Lipinski definition) is 2. The molecule has 0 bridgehead atoms. The van der Waals surface area contributed by atoms with Gasteiger partial charge in [0, 0.05) is 25.7 Å².